The van der Waals surface area contributed by atoms with E-state index in [1.807, 2.05) is 0 Å². The van der Waals surface area contributed by atoms with E-state index in [1.165, 1.54) is 32.8 Å². The Balaban J connectivity index is 0.000000239. The van der Waals surface area contributed by atoms with Gasteiger partial charge < -0.3 is 0 Å². The molecule has 0 aliphatic carbocycles. The SMILES string of the molecule is CCC[CH2][Sn][CH2]CCC.c1cc[c]([Sn][c]2ccccc2)cc1. The Labute approximate surface area is 157 Å². The van der Waals surface area contributed by atoms with Crippen molar-refractivity contribution in [2.24, 2.45) is 0 Å². The minimum absolute atomic E-state index is 0.149. The molecule has 2 aromatic rings. The monoisotopic (exact) mass is 508 g/mol. The molecular formula is C20H28Sn2. The third-order valence-corrected chi connectivity index (χ3v) is 10.8. The molecule has 2 rings (SSSR count). The molecule has 0 aromatic heterocycles. The second-order valence-electron chi connectivity index (χ2n) is 5.31. The predicted molar refractivity (Wildman–Crippen MR) is 103 cm³/mol. The number of hydrogen-bond acceptors (Lipinski definition) is 0. The third kappa shape index (κ3) is 10.7. The van der Waals surface area contributed by atoms with Crippen LogP contribution in [-0.4, -0.2) is 42.3 Å². The van der Waals surface area contributed by atoms with Crippen molar-refractivity contribution in [3.63, 3.8) is 0 Å². The second kappa shape index (κ2) is 14.6. The molecule has 4 radical (unpaired) electrons. The fraction of sp³-hybridized carbons (Fsp3) is 0.400. The quantitative estimate of drug-likeness (QED) is 0.367. The van der Waals surface area contributed by atoms with Crippen LogP contribution in [0.15, 0.2) is 60.7 Å². The summed E-state index contributed by atoms with van der Waals surface area (Å²) in [6.07, 6.45) is 5.84. The molecule has 0 bridgehead atoms. The van der Waals surface area contributed by atoms with Gasteiger partial charge in [-0.2, -0.15) is 0 Å². The van der Waals surface area contributed by atoms with Crippen molar-refractivity contribution < 1.29 is 0 Å². The zero-order chi connectivity index (χ0) is 15.9. The molecule has 116 valence electrons. The van der Waals surface area contributed by atoms with Crippen LogP contribution in [0.2, 0.25) is 8.87 Å². The summed E-state index contributed by atoms with van der Waals surface area (Å²) in [7, 11) is 0. The van der Waals surface area contributed by atoms with Gasteiger partial charge in [0, 0.05) is 0 Å². The van der Waals surface area contributed by atoms with Crippen molar-refractivity contribution >= 4 is 49.4 Å². The van der Waals surface area contributed by atoms with E-state index in [0.29, 0.717) is 0 Å². The van der Waals surface area contributed by atoms with Gasteiger partial charge >= 0.3 is 159 Å². The summed E-state index contributed by atoms with van der Waals surface area (Å²) in [6.45, 7) is 4.58. The Morgan fingerprint density at radius 3 is 1.41 bits per heavy atom. The zero-order valence-corrected chi connectivity index (χ0v) is 19.7. The van der Waals surface area contributed by atoms with E-state index in [9.17, 15) is 0 Å². The van der Waals surface area contributed by atoms with Crippen molar-refractivity contribution in [1.82, 2.24) is 0 Å². The molecule has 0 unspecified atom stereocenters. The third-order valence-electron chi connectivity index (χ3n) is 3.25. The molecule has 2 heteroatoms. The Hall–Kier alpha value is 0.0374. The first-order valence-electron chi connectivity index (χ1n) is 8.44. The van der Waals surface area contributed by atoms with Gasteiger partial charge in [0.1, 0.15) is 0 Å². The van der Waals surface area contributed by atoms with Crippen LogP contribution in [0.3, 0.4) is 0 Å². The summed E-state index contributed by atoms with van der Waals surface area (Å²) in [6, 6.07) is 21.6. The van der Waals surface area contributed by atoms with Gasteiger partial charge in [0.25, 0.3) is 0 Å². The van der Waals surface area contributed by atoms with Crippen LogP contribution in [-0.2, 0) is 0 Å². The van der Waals surface area contributed by atoms with Crippen LogP contribution in [0.4, 0.5) is 0 Å². The van der Waals surface area contributed by atoms with E-state index in [-0.39, 0.29) is 21.1 Å². The molecule has 0 atom stereocenters. The van der Waals surface area contributed by atoms with Crippen molar-refractivity contribution in [3.05, 3.63) is 60.7 Å². The van der Waals surface area contributed by atoms with Crippen LogP contribution in [0.25, 0.3) is 0 Å². The molecular weight excluding hydrogens is 478 g/mol. The van der Waals surface area contributed by atoms with Crippen LogP contribution >= 0.6 is 0 Å². The molecule has 0 nitrogen and oxygen atoms in total. The van der Waals surface area contributed by atoms with Gasteiger partial charge in [-0.15, -0.1) is 0 Å². The zero-order valence-electron chi connectivity index (χ0n) is 14.0. The first kappa shape index (κ1) is 20.1. The van der Waals surface area contributed by atoms with Crippen LogP contribution < -0.4 is 7.16 Å². The molecule has 0 heterocycles. The van der Waals surface area contributed by atoms with Gasteiger partial charge in [-0.3, -0.25) is 0 Å². The molecule has 0 amide bonds. The Kier molecular flexibility index (Phi) is 13.3. The predicted octanol–water partition coefficient (Wildman–Crippen LogP) is 4.47. The van der Waals surface area contributed by atoms with E-state index in [4.69, 9.17) is 0 Å². The first-order valence-corrected chi connectivity index (χ1v) is 15.3. The van der Waals surface area contributed by atoms with E-state index >= 15 is 0 Å². The number of hydrogen-bond donors (Lipinski definition) is 0. The van der Waals surface area contributed by atoms with Crippen molar-refractivity contribution in [2.75, 3.05) is 0 Å². The second-order valence-corrected chi connectivity index (χ2v) is 13.6. The fourth-order valence-corrected chi connectivity index (χ4v) is 9.10. The summed E-state index contributed by atoms with van der Waals surface area (Å²) in [5.74, 6) is 0. The van der Waals surface area contributed by atoms with Gasteiger partial charge in [-0.1, -0.05) is 0 Å². The van der Waals surface area contributed by atoms with Crippen LogP contribution in [0, 0.1) is 0 Å². The van der Waals surface area contributed by atoms with Crippen LogP contribution in [0.5, 0.6) is 0 Å². The number of rotatable bonds is 8. The molecule has 22 heavy (non-hydrogen) atoms. The van der Waals surface area contributed by atoms with E-state index in [0.717, 1.165) is 0 Å². The molecule has 0 N–H and O–H groups in total. The molecule has 0 aliphatic heterocycles. The Morgan fingerprint density at radius 1 is 0.636 bits per heavy atom. The summed E-state index contributed by atoms with van der Waals surface area (Å²) >= 11 is -0.368. The standard InChI is InChI=1S/2C6H5.2C4H9.2Sn/c2*1-2-4-6-5-3-1;2*1-3-4-2;;/h2*1-5H;2*1,3-4H2,2H3;;. The average molecular weight is 506 g/mol. The molecule has 0 fully saturated rings. The van der Waals surface area contributed by atoms with Crippen molar-refractivity contribution in [2.45, 2.75) is 48.4 Å². The van der Waals surface area contributed by atoms with Gasteiger partial charge in [-0.25, -0.2) is 0 Å². The maximum absolute atomic E-state index is 2.29. The summed E-state index contributed by atoms with van der Waals surface area (Å²) in [4.78, 5) is 0. The van der Waals surface area contributed by atoms with E-state index in [2.05, 4.69) is 74.5 Å². The normalized spacial score (nSPS) is 9.91. The number of unbranched alkanes of at least 4 members (excludes halogenated alkanes) is 2. The fourth-order valence-electron chi connectivity index (χ4n) is 1.94. The topological polar surface area (TPSA) is 0 Å². The molecule has 0 aliphatic rings. The summed E-state index contributed by atoms with van der Waals surface area (Å²) in [5, 5.41) is 0. The summed E-state index contributed by atoms with van der Waals surface area (Å²) in [5.41, 5.74) is 0. The van der Waals surface area contributed by atoms with Crippen molar-refractivity contribution in [1.29, 1.82) is 0 Å². The molecule has 0 spiro atoms. The van der Waals surface area contributed by atoms with Crippen LogP contribution in [0.1, 0.15) is 39.5 Å². The Morgan fingerprint density at radius 2 is 1.05 bits per heavy atom. The van der Waals surface area contributed by atoms with Gasteiger partial charge in [0.2, 0.25) is 0 Å². The first-order chi connectivity index (χ1) is 10.9. The van der Waals surface area contributed by atoms with E-state index in [1.54, 1.807) is 8.87 Å². The van der Waals surface area contributed by atoms with E-state index < -0.39 is 21.1 Å². The number of benzene rings is 2. The van der Waals surface area contributed by atoms with Gasteiger partial charge in [0.15, 0.2) is 0 Å². The summed E-state index contributed by atoms with van der Waals surface area (Å²) < 4.78 is 6.33. The molecule has 0 saturated heterocycles. The average Bonchev–Trinajstić information content (AvgIpc) is 2.57. The molecule has 0 saturated carbocycles. The molecule has 2 aromatic carbocycles. The minimum atomic E-state index is -0.517. The maximum atomic E-state index is 2.29. The Bertz CT molecular complexity index is 410. The van der Waals surface area contributed by atoms with Crippen molar-refractivity contribution in [3.8, 4) is 0 Å². The van der Waals surface area contributed by atoms with Gasteiger partial charge in [-0.05, 0) is 0 Å². The van der Waals surface area contributed by atoms with Gasteiger partial charge in [0.05, 0.1) is 0 Å².